The second-order valence-corrected chi connectivity index (χ2v) is 7.47. The van der Waals surface area contributed by atoms with Crippen molar-refractivity contribution in [2.24, 2.45) is 0 Å². The summed E-state index contributed by atoms with van der Waals surface area (Å²) in [7, 11) is -4.11. The van der Waals surface area contributed by atoms with Gasteiger partial charge in [0.05, 0.1) is 10.4 Å². The van der Waals surface area contributed by atoms with E-state index < -0.39 is 26.2 Å². The molecule has 0 aliphatic rings. The Kier molecular flexibility index (Phi) is 2.87. The minimum atomic E-state index is -4.11. The highest BCUT2D eigenvalue weighted by Crippen LogP contribution is 2.24. The largest absolute Gasteiger partial charge is 0.291 e. The van der Waals surface area contributed by atoms with Crippen molar-refractivity contribution in [1.29, 1.82) is 0 Å². The quantitative estimate of drug-likeness (QED) is 0.592. The van der Waals surface area contributed by atoms with Gasteiger partial charge in [-0.15, -0.1) is 16.4 Å². The van der Waals surface area contributed by atoms with Gasteiger partial charge in [-0.1, -0.05) is 6.07 Å². The van der Waals surface area contributed by atoms with E-state index in [1.165, 1.54) is 28.0 Å². The Bertz CT molecular complexity index is 1220. The molecule has 4 aromatic rings. The van der Waals surface area contributed by atoms with Crippen molar-refractivity contribution in [1.82, 2.24) is 19.8 Å². The first kappa shape index (κ1) is 14.0. The predicted octanol–water partition coefficient (Wildman–Crippen LogP) is 1.60. The molecular weight excluding hydrogens is 343 g/mol. The van der Waals surface area contributed by atoms with Crippen molar-refractivity contribution in [3.63, 3.8) is 0 Å². The molecule has 4 rings (SSSR count). The number of fused-ring (bicyclic) bond motifs is 3. The van der Waals surface area contributed by atoms with Crippen molar-refractivity contribution in [2.45, 2.75) is 9.92 Å². The van der Waals surface area contributed by atoms with Gasteiger partial charge in [0.25, 0.3) is 5.56 Å². The van der Waals surface area contributed by atoms with Crippen molar-refractivity contribution in [3.8, 4) is 0 Å². The zero-order valence-electron chi connectivity index (χ0n) is 11.2. The second kappa shape index (κ2) is 4.70. The first-order valence-corrected chi connectivity index (χ1v) is 8.70. The molecule has 0 aliphatic carbocycles. The molecule has 0 bridgehead atoms. The number of nitrogens with zero attached hydrogens (tertiary/aromatic N) is 3. The number of sulfone groups is 1. The molecule has 0 unspecified atom stereocenters. The fourth-order valence-electron chi connectivity index (χ4n) is 2.27. The summed E-state index contributed by atoms with van der Waals surface area (Å²) in [4.78, 5) is 15.6. The van der Waals surface area contributed by atoms with Crippen LogP contribution in [0.1, 0.15) is 0 Å². The number of rotatable bonds is 2. The van der Waals surface area contributed by atoms with Gasteiger partial charge in [0, 0.05) is 0 Å². The molecular formula is C13H7FN4O3S2. The Morgan fingerprint density at radius 3 is 2.87 bits per heavy atom. The van der Waals surface area contributed by atoms with Crippen LogP contribution >= 0.6 is 11.3 Å². The molecule has 0 saturated carbocycles. The summed E-state index contributed by atoms with van der Waals surface area (Å²) in [5.41, 5.74) is -0.171. The van der Waals surface area contributed by atoms with E-state index in [2.05, 4.69) is 15.3 Å². The summed E-state index contributed by atoms with van der Waals surface area (Å²) in [6, 6.07) is 6.23. The van der Waals surface area contributed by atoms with Crippen LogP contribution in [0.3, 0.4) is 0 Å². The van der Waals surface area contributed by atoms with Gasteiger partial charge < -0.3 is 0 Å². The number of aromatic nitrogens is 4. The van der Waals surface area contributed by atoms with Crippen LogP contribution in [0.15, 0.2) is 50.4 Å². The molecule has 1 N–H and O–H groups in total. The Morgan fingerprint density at radius 2 is 2.09 bits per heavy atom. The summed E-state index contributed by atoms with van der Waals surface area (Å²) in [5.74, 6) is -0.684. The van der Waals surface area contributed by atoms with Crippen LogP contribution in [0.25, 0.3) is 15.9 Å². The fourth-order valence-corrected chi connectivity index (χ4v) is 4.31. The van der Waals surface area contributed by atoms with E-state index in [0.29, 0.717) is 10.2 Å². The monoisotopic (exact) mass is 350 g/mol. The topological polar surface area (TPSA) is 97.2 Å². The SMILES string of the molecule is O=c1nc2c(S(=O)(=O)c3cccc(F)c3)n[nH]n2c2ccsc12. The molecule has 0 atom stereocenters. The highest BCUT2D eigenvalue weighted by atomic mass is 32.2. The summed E-state index contributed by atoms with van der Waals surface area (Å²) in [5, 5.41) is 7.58. The third kappa shape index (κ3) is 1.99. The van der Waals surface area contributed by atoms with Crippen LogP contribution in [-0.4, -0.2) is 28.2 Å². The standard InChI is InChI=1S/C13H7FN4O3S2/c14-7-2-1-3-8(6-7)23(20,21)13-11-15-12(19)10-9(4-5-22-10)18(11)17-16-13/h1-6,17H. The molecule has 3 heterocycles. The van der Waals surface area contributed by atoms with Gasteiger partial charge in [0.2, 0.25) is 14.9 Å². The average molecular weight is 350 g/mol. The molecule has 0 spiro atoms. The number of nitrogens with one attached hydrogen (secondary N) is 1. The summed E-state index contributed by atoms with van der Waals surface area (Å²) in [6.07, 6.45) is 0. The molecule has 10 heteroatoms. The van der Waals surface area contributed by atoms with E-state index in [1.807, 2.05) is 0 Å². The zero-order chi connectivity index (χ0) is 16.2. The first-order valence-electron chi connectivity index (χ1n) is 6.33. The maximum absolute atomic E-state index is 13.3. The average Bonchev–Trinajstić information content (AvgIpc) is 3.13. The van der Waals surface area contributed by atoms with E-state index >= 15 is 0 Å². The number of hydrogen-bond donors (Lipinski definition) is 1. The van der Waals surface area contributed by atoms with Gasteiger partial charge in [0.1, 0.15) is 10.5 Å². The second-order valence-electron chi connectivity index (χ2n) is 4.69. The fraction of sp³-hybridized carbons (Fsp3) is 0. The van der Waals surface area contributed by atoms with E-state index in [9.17, 15) is 17.6 Å². The number of benzene rings is 1. The highest BCUT2D eigenvalue weighted by molar-refractivity contribution is 7.91. The van der Waals surface area contributed by atoms with Crippen molar-refractivity contribution in [3.05, 3.63) is 51.9 Å². The van der Waals surface area contributed by atoms with E-state index in [-0.39, 0.29) is 10.5 Å². The maximum Gasteiger partial charge on any atom is 0.291 e. The van der Waals surface area contributed by atoms with Crippen LogP contribution in [0.5, 0.6) is 0 Å². The molecule has 0 fully saturated rings. The number of H-pyrrole nitrogens is 1. The van der Waals surface area contributed by atoms with Gasteiger partial charge in [-0.25, -0.2) is 22.5 Å². The van der Waals surface area contributed by atoms with E-state index in [4.69, 9.17) is 0 Å². The lowest BCUT2D eigenvalue weighted by atomic mass is 10.4. The van der Waals surface area contributed by atoms with Gasteiger partial charge in [-0.2, -0.15) is 4.98 Å². The maximum atomic E-state index is 13.3. The Hall–Kier alpha value is -2.59. The third-order valence-corrected chi connectivity index (χ3v) is 5.85. The normalized spacial score (nSPS) is 12.2. The van der Waals surface area contributed by atoms with E-state index in [1.54, 1.807) is 11.4 Å². The van der Waals surface area contributed by atoms with Crippen LogP contribution in [-0.2, 0) is 9.84 Å². The molecule has 116 valence electrons. The number of hydrogen-bond acceptors (Lipinski definition) is 6. The van der Waals surface area contributed by atoms with Gasteiger partial charge in [-0.3, -0.25) is 4.79 Å². The molecule has 3 aromatic heterocycles. The van der Waals surface area contributed by atoms with Crippen molar-refractivity contribution in [2.75, 3.05) is 0 Å². The van der Waals surface area contributed by atoms with Crippen LogP contribution < -0.4 is 5.56 Å². The minimum Gasteiger partial charge on any atom is -0.266 e. The number of thiophene rings is 1. The van der Waals surface area contributed by atoms with Crippen molar-refractivity contribution >= 4 is 37.0 Å². The first-order chi connectivity index (χ1) is 11.0. The third-order valence-electron chi connectivity index (χ3n) is 3.30. The van der Waals surface area contributed by atoms with Crippen LogP contribution in [0, 0.1) is 5.82 Å². The molecule has 23 heavy (non-hydrogen) atoms. The molecule has 1 aromatic carbocycles. The molecule has 0 aliphatic heterocycles. The van der Waals surface area contributed by atoms with Crippen molar-refractivity contribution < 1.29 is 12.8 Å². The summed E-state index contributed by atoms with van der Waals surface area (Å²) < 4.78 is 40.3. The molecule has 7 nitrogen and oxygen atoms in total. The van der Waals surface area contributed by atoms with Gasteiger partial charge in [-0.05, 0) is 29.6 Å². The lowest BCUT2D eigenvalue weighted by Gasteiger charge is -2.01. The molecule has 0 amide bonds. The van der Waals surface area contributed by atoms with Crippen LogP contribution in [0.2, 0.25) is 0 Å². The smallest absolute Gasteiger partial charge is 0.266 e. The van der Waals surface area contributed by atoms with E-state index in [0.717, 1.165) is 12.1 Å². The number of aromatic amines is 1. The van der Waals surface area contributed by atoms with Gasteiger partial charge in [0.15, 0.2) is 5.65 Å². The zero-order valence-corrected chi connectivity index (χ0v) is 12.9. The van der Waals surface area contributed by atoms with Gasteiger partial charge >= 0.3 is 0 Å². The molecule has 0 saturated heterocycles. The van der Waals surface area contributed by atoms with Crippen LogP contribution in [0.4, 0.5) is 4.39 Å². The Balaban J connectivity index is 2.06. The highest BCUT2D eigenvalue weighted by Gasteiger charge is 2.26. The molecule has 0 radical (unpaired) electrons. The predicted molar refractivity (Wildman–Crippen MR) is 80.8 cm³/mol. The minimum absolute atomic E-state index is 0.120. The Labute approximate surface area is 131 Å². The Morgan fingerprint density at radius 1 is 1.26 bits per heavy atom. The summed E-state index contributed by atoms with van der Waals surface area (Å²) in [6.45, 7) is 0. The summed E-state index contributed by atoms with van der Waals surface area (Å²) >= 11 is 1.20. The number of halogens is 1. The lowest BCUT2D eigenvalue weighted by molar-refractivity contribution is 0.587. The lowest BCUT2D eigenvalue weighted by Crippen LogP contribution is -2.10.